The number of esters is 1. The van der Waals surface area contributed by atoms with Crippen LogP contribution in [0.4, 0.5) is 5.00 Å². The van der Waals surface area contributed by atoms with Crippen LogP contribution in [0, 0.1) is 0 Å². The molecule has 0 unspecified atom stereocenters. The zero-order valence-corrected chi connectivity index (χ0v) is 21.6. The van der Waals surface area contributed by atoms with E-state index in [9.17, 15) is 9.59 Å². The average molecular weight is 524 g/mol. The first-order chi connectivity index (χ1) is 17.6. The van der Waals surface area contributed by atoms with Gasteiger partial charge in [-0.1, -0.05) is 11.8 Å². The Morgan fingerprint density at radius 3 is 2.75 bits per heavy atom. The second-order valence-electron chi connectivity index (χ2n) is 8.14. The smallest absolute Gasteiger partial charge is 0.341 e. The number of carbonyl (C=O) groups is 2. The molecule has 11 heteroatoms. The summed E-state index contributed by atoms with van der Waals surface area (Å²) >= 11 is 2.79. The SMILES string of the molecule is CCOC(=O)c1c(NC(=O)CSc2ncnc3c2cnn3-c2ccc(OC)cc2)sc2c1CCCC2. The van der Waals surface area contributed by atoms with E-state index < -0.39 is 0 Å². The molecule has 5 rings (SSSR count). The molecule has 1 aliphatic rings. The normalized spacial score (nSPS) is 12.8. The number of benzene rings is 1. The lowest BCUT2D eigenvalue weighted by Crippen LogP contribution is -2.17. The van der Waals surface area contributed by atoms with Gasteiger partial charge in [-0.25, -0.2) is 19.4 Å². The van der Waals surface area contributed by atoms with Gasteiger partial charge in [-0.15, -0.1) is 11.3 Å². The molecule has 36 heavy (non-hydrogen) atoms. The van der Waals surface area contributed by atoms with Crippen LogP contribution in [-0.4, -0.2) is 51.1 Å². The van der Waals surface area contributed by atoms with Crippen LogP contribution in [0.1, 0.15) is 40.6 Å². The van der Waals surface area contributed by atoms with Crippen molar-refractivity contribution in [2.45, 2.75) is 37.6 Å². The van der Waals surface area contributed by atoms with E-state index in [0.29, 0.717) is 27.8 Å². The molecule has 0 bridgehead atoms. The van der Waals surface area contributed by atoms with Crippen molar-refractivity contribution >= 4 is 51.0 Å². The lowest BCUT2D eigenvalue weighted by Gasteiger charge is -2.12. The number of anilines is 1. The second kappa shape index (κ2) is 10.7. The number of ether oxygens (including phenoxy) is 2. The van der Waals surface area contributed by atoms with Crippen LogP contribution < -0.4 is 10.1 Å². The molecular formula is C25H25N5O4S2. The molecule has 0 saturated heterocycles. The highest BCUT2D eigenvalue weighted by molar-refractivity contribution is 8.00. The van der Waals surface area contributed by atoms with E-state index in [0.717, 1.165) is 52.9 Å². The third kappa shape index (κ3) is 4.80. The fourth-order valence-electron chi connectivity index (χ4n) is 4.22. The van der Waals surface area contributed by atoms with Gasteiger partial charge in [-0.05, 0) is 62.4 Å². The Balaban J connectivity index is 1.33. The average Bonchev–Trinajstić information content (AvgIpc) is 3.49. The Morgan fingerprint density at radius 1 is 1.17 bits per heavy atom. The van der Waals surface area contributed by atoms with E-state index >= 15 is 0 Å². The minimum Gasteiger partial charge on any atom is -0.497 e. The highest BCUT2D eigenvalue weighted by Crippen LogP contribution is 2.39. The van der Waals surface area contributed by atoms with Gasteiger partial charge in [0.25, 0.3) is 0 Å². The molecule has 1 aliphatic carbocycles. The number of nitrogens with one attached hydrogen (secondary N) is 1. The molecule has 1 N–H and O–H groups in total. The summed E-state index contributed by atoms with van der Waals surface area (Å²) in [5, 5.41) is 9.41. The van der Waals surface area contributed by atoms with Crippen LogP contribution >= 0.6 is 23.1 Å². The van der Waals surface area contributed by atoms with Gasteiger partial charge in [0, 0.05) is 4.88 Å². The van der Waals surface area contributed by atoms with Gasteiger partial charge in [-0.2, -0.15) is 5.10 Å². The van der Waals surface area contributed by atoms with Gasteiger partial charge in [0.05, 0.1) is 42.3 Å². The van der Waals surface area contributed by atoms with Crippen molar-refractivity contribution in [3.8, 4) is 11.4 Å². The number of thioether (sulfide) groups is 1. The zero-order chi connectivity index (χ0) is 25.1. The van der Waals surface area contributed by atoms with Crippen LogP contribution in [0.15, 0.2) is 41.8 Å². The van der Waals surface area contributed by atoms with Gasteiger partial charge >= 0.3 is 5.97 Å². The van der Waals surface area contributed by atoms with Crippen LogP contribution in [0.3, 0.4) is 0 Å². The number of carbonyl (C=O) groups excluding carboxylic acids is 2. The number of fused-ring (bicyclic) bond motifs is 2. The highest BCUT2D eigenvalue weighted by Gasteiger charge is 2.27. The van der Waals surface area contributed by atoms with Crippen LogP contribution in [-0.2, 0) is 22.4 Å². The number of nitrogens with zero attached hydrogens (tertiary/aromatic N) is 4. The minimum absolute atomic E-state index is 0.130. The minimum atomic E-state index is -0.372. The molecule has 0 saturated carbocycles. The van der Waals surface area contributed by atoms with Crippen molar-refractivity contribution < 1.29 is 19.1 Å². The van der Waals surface area contributed by atoms with E-state index in [1.807, 2.05) is 24.3 Å². The van der Waals surface area contributed by atoms with E-state index in [-0.39, 0.29) is 17.6 Å². The molecule has 0 atom stereocenters. The summed E-state index contributed by atoms with van der Waals surface area (Å²) in [7, 11) is 1.62. The molecule has 0 fully saturated rings. The number of methoxy groups -OCH3 is 1. The molecule has 4 aromatic rings. The maximum atomic E-state index is 12.9. The number of rotatable bonds is 8. The van der Waals surface area contributed by atoms with Crippen molar-refractivity contribution in [3.63, 3.8) is 0 Å². The third-order valence-electron chi connectivity index (χ3n) is 5.89. The van der Waals surface area contributed by atoms with E-state index in [2.05, 4.69) is 20.4 Å². The van der Waals surface area contributed by atoms with Crippen molar-refractivity contribution in [1.29, 1.82) is 0 Å². The molecule has 1 amide bonds. The Hall–Kier alpha value is -3.44. The molecule has 186 valence electrons. The number of thiophene rings is 1. The first-order valence-corrected chi connectivity index (χ1v) is 13.5. The molecular weight excluding hydrogens is 498 g/mol. The third-order valence-corrected chi connectivity index (χ3v) is 8.10. The largest absolute Gasteiger partial charge is 0.497 e. The Bertz CT molecular complexity index is 1410. The topological polar surface area (TPSA) is 108 Å². The lowest BCUT2D eigenvalue weighted by atomic mass is 9.95. The predicted octanol–water partition coefficient (Wildman–Crippen LogP) is 4.67. The van der Waals surface area contributed by atoms with E-state index in [1.165, 1.54) is 29.4 Å². The molecule has 9 nitrogen and oxygen atoms in total. The quantitative estimate of drug-likeness (QED) is 0.202. The van der Waals surface area contributed by atoms with Crippen molar-refractivity contribution in [2.24, 2.45) is 0 Å². The standard InChI is InChI=1S/C25H25N5O4S2/c1-3-34-25(32)21-17-6-4-5-7-19(17)36-24(21)29-20(31)13-35-23-18-12-28-30(22(18)26-14-27-23)15-8-10-16(33-2)11-9-15/h8-12,14H,3-7,13H2,1-2H3,(H,29,31). The van der Waals surface area contributed by atoms with Crippen LogP contribution in [0.5, 0.6) is 5.75 Å². The summed E-state index contributed by atoms with van der Waals surface area (Å²) in [6, 6.07) is 7.51. The molecule has 0 spiro atoms. The monoisotopic (exact) mass is 523 g/mol. The van der Waals surface area contributed by atoms with Gasteiger partial charge in [0.15, 0.2) is 5.65 Å². The summed E-state index contributed by atoms with van der Waals surface area (Å²) in [4.78, 5) is 35.5. The molecule has 3 aromatic heterocycles. The summed E-state index contributed by atoms with van der Waals surface area (Å²) in [6.45, 7) is 2.07. The second-order valence-corrected chi connectivity index (χ2v) is 10.2. The molecule has 0 aliphatic heterocycles. The summed E-state index contributed by atoms with van der Waals surface area (Å²) in [5.74, 6) is 0.302. The zero-order valence-electron chi connectivity index (χ0n) is 19.9. The Labute approximate surface area is 216 Å². The number of hydrogen-bond donors (Lipinski definition) is 1. The fraction of sp³-hybridized carbons (Fsp3) is 0.320. The number of aromatic nitrogens is 4. The fourth-order valence-corrected chi connectivity index (χ4v) is 6.27. The predicted molar refractivity (Wildman–Crippen MR) is 139 cm³/mol. The van der Waals surface area contributed by atoms with Gasteiger partial charge in [0.2, 0.25) is 5.91 Å². The highest BCUT2D eigenvalue weighted by atomic mass is 32.2. The molecule has 1 aromatic carbocycles. The summed E-state index contributed by atoms with van der Waals surface area (Å²) in [5.41, 5.74) is 3.02. The molecule has 3 heterocycles. The Kier molecular flexibility index (Phi) is 7.19. The van der Waals surface area contributed by atoms with Gasteiger partial charge in [0.1, 0.15) is 22.1 Å². The summed E-state index contributed by atoms with van der Waals surface area (Å²) in [6.07, 6.45) is 7.05. The van der Waals surface area contributed by atoms with Gasteiger partial charge in [-0.3, -0.25) is 4.79 Å². The maximum Gasteiger partial charge on any atom is 0.341 e. The maximum absolute atomic E-state index is 12.9. The van der Waals surface area contributed by atoms with E-state index in [1.54, 1.807) is 24.9 Å². The number of amides is 1. The van der Waals surface area contributed by atoms with Crippen molar-refractivity contribution in [2.75, 3.05) is 24.8 Å². The van der Waals surface area contributed by atoms with E-state index in [4.69, 9.17) is 9.47 Å². The van der Waals surface area contributed by atoms with Crippen LogP contribution in [0.2, 0.25) is 0 Å². The number of hydrogen-bond acceptors (Lipinski definition) is 9. The summed E-state index contributed by atoms with van der Waals surface area (Å²) < 4.78 is 12.2. The van der Waals surface area contributed by atoms with Crippen LogP contribution in [0.25, 0.3) is 16.7 Å². The van der Waals surface area contributed by atoms with Crippen molar-refractivity contribution in [3.05, 3.63) is 52.8 Å². The first kappa shape index (κ1) is 24.3. The molecule has 0 radical (unpaired) electrons. The lowest BCUT2D eigenvalue weighted by molar-refractivity contribution is -0.113. The first-order valence-electron chi connectivity index (χ1n) is 11.7. The van der Waals surface area contributed by atoms with Gasteiger partial charge < -0.3 is 14.8 Å². The number of aryl methyl sites for hydroxylation is 1. The van der Waals surface area contributed by atoms with Crippen molar-refractivity contribution in [1.82, 2.24) is 19.7 Å². The Morgan fingerprint density at radius 2 is 1.97 bits per heavy atom.